The van der Waals surface area contributed by atoms with Crippen LogP contribution in [0.4, 0.5) is 29.6 Å². The Morgan fingerprint density at radius 3 is 2.38 bits per heavy atom. The molecule has 2 heterocycles. The Morgan fingerprint density at radius 1 is 0.956 bits per heavy atom. The van der Waals surface area contributed by atoms with Gasteiger partial charge in [-0.1, -0.05) is 42.5 Å². The molecule has 0 aliphatic rings. The van der Waals surface area contributed by atoms with Crippen LogP contribution in [0.3, 0.4) is 0 Å². The SMILES string of the molecule is COC(=O)N[C@H](C)CNc1nccc(-c2sc(-c3ccccc3)nc2-c2cccc(NS(=O)(=O)c3c(F)cccc3F)c2F)n1. The quantitative estimate of drug-likeness (QED) is 0.160. The highest BCUT2D eigenvalue weighted by molar-refractivity contribution is 7.92. The number of anilines is 2. The van der Waals surface area contributed by atoms with Gasteiger partial charge in [-0.3, -0.25) is 4.72 Å². The molecule has 0 aliphatic carbocycles. The number of alkyl carbamates (subject to hydrolysis) is 1. The van der Waals surface area contributed by atoms with Crippen molar-refractivity contribution in [1.29, 1.82) is 0 Å². The van der Waals surface area contributed by atoms with Crippen LogP contribution >= 0.6 is 11.3 Å². The number of amides is 1. The first-order valence-corrected chi connectivity index (χ1v) is 15.6. The van der Waals surface area contributed by atoms with Crippen LogP contribution in [0.5, 0.6) is 0 Å². The number of hydrogen-bond acceptors (Lipinski definition) is 9. The molecule has 0 saturated carbocycles. The van der Waals surface area contributed by atoms with Crippen molar-refractivity contribution in [2.24, 2.45) is 0 Å². The maximum absolute atomic E-state index is 16.1. The summed E-state index contributed by atoms with van der Waals surface area (Å²) in [6, 6.07) is 17.0. The molecule has 5 rings (SSSR count). The average molecular weight is 655 g/mol. The monoisotopic (exact) mass is 654 g/mol. The van der Waals surface area contributed by atoms with Crippen molar-refractivity contribution >= 4 is 39.1 Å². The van der Waals surface area contributed by atoms with Gasteiger partial charge in [0.1, 0.15) is 16.6 Å². The van der Waals surface area contributed by atoms with Gasteiger partial charge in [-0.2, -0.15) is 0 Å². The fourth-order valence-electron chi connectivity index (χ4n) is 4.24. The summed E-state index contributed by atoms with van der Waals surface area (Å²) in [6.07, 6.45) is 0.908. The van der Waals surface area contributed by atoms with Crippen LogP contribution in [0.2, 0.25) is 0 Å². The lowest BCUT2D eigenvalue weighted by Crippen LogP contribution is -2.37. The molecule has 3 aromatic carbocycles. The summed E-state index contributed by atoms with van der Waals surface area (Å²) in [4.78, 5) is 24.2. The number of aromatic nitrogens is 3. The van der Waals surface area contributed by atoms with Gasteiger partial charge in [0.15, 0.2) is 10.7 Å². The van der Waals surface area contributed by atoms with Crippen LogP contribution in [0.25, 0.3) is 32.4 Å². The normalized spacial score (nSPS) is 11.9. The van der Waals surface area contributed by atoms with Crippen molar-refractivity contribution in [3.63, 3.8) is 0 Å². The molecular formula is C30H25F3N6O4S2. The van der Waals surface area contributed by atoms with Crippen LogP contribution in [0.1, 0.15) is 6.92 Å². The van der Waals surface area contributed by atoms with Crippen LogP contribution in [0.15, 0.2) is 83.9 Å². The number of nitrogens with zero attached hydrogens (tertiary/aromatic N) is 3. The third kappa shape index (κ3) is 7.05. The smallest absolute Gasteiger partial charge is 0.407 e. The molecule has 2 aromatic heterocycles. The standard InChI is InChI=1S/C30H25F3N6O4S2/c1-17(36-30(40)43-2)16-35-29-34-15-14-23(37-29)26-25(38-28(44-26)18-8-4-3-5-9-18)19-10-6-13-22(24(19)33)39-45(41,42)27-20(31)11-7-12-21(27)32/h3-15,17,39H,16H2,1-2H3,(H,36,40)(H,34,35,37)/t17-/m1/s1. The summed E-state index contributed by atoms with van der Waals surface area (Å²) < 4.78 is 77.1. The maximum atomic E-state index is 16.1. The van der Waals surface area contributed by atoms with Crippen molar-refractivity contribution in [2.45, 2.75) is 17.9 Å². The van der Waals surface area contributed by atoms with Gasteiger partial charge in [-0.25, -0.2) is 41.3 Å². The predicted molar refractivity (Wildman–Crippen MR) is 165 cm³/mol. The maximum Gasteiger partial charge on any atom is 0.407 e. The zero-order valence-corrected chi connectivity index (χ0v) is 25.3. The van der Waals surface area contributed by atoms with E-state index in [2.05, 4.69) is 25.3 Å². The Morgan fingerprint density at radius 2 is 1.67 bits per heavy atom. The average Bonchev–Trinajstić information content (AvgIpc) is 3.47. The Kier molecular flexibility index (Phi) is 9.29. The number of nitrogens with one attached hydrogen (secondary N) is 3. The van der Waals surface area contributed by atoms with E-state index in [1.165, 1.54) is 36.8 Å². The Bertz CT molecular complexity index is 1940. The molecular weight excluding hydrogens is 629 g/mol. The summed E-state index contributed by atoms with van der Waals surface area (Å²) in [5, 5.41) is 6.19. The Labute approximate surface area is 260 Å². The van der Waals surface area contributed by atoms with E-state index in [0.29, 0.717) is 15.6 Å². The highest BCUT2D eigenvalue weighted by atomic mass is 32.2. The molecule has 0 spiro atoms. The van der Waals surface area contributed by atoms with Gasteiger partial charge >= 0.3 is 6.09 Å². The molecule has 1 amide bonds. The number of methoxy groups -OCH3 is 1. The van der Waals surface area contributed by atoms with Gasteiger partial charge in [-0.05, 0) is 37.3 Å². The van der Waals surface area contributed by atoms with Crippen LogP contribution < -0.4 is 15.4 Å². The number of rotatable bonds is 10. The molecule has 10 nitrogen and oxygen atoms in total. The second-order valence-corrected chi connectivity index (χ2v) is 12.2. The van der Waals surface area contributed by atoms with Gasteiger partial charge in [0.25, 0.3) is 10.0 Å². The van der Waals surface area contributed by atoms with E-state index in [1.807, 2.05) is 35.1 Å². The molecule has 45 heavy (non-hydrogen) atoms. The number of halogens is 3. The van der Waals surface area contributed by atoms with E-state index in [0.717, 1.165) is 29.8 Å². The van der Waals surface area contributed by atoms with Crippen molar-refractivity contribution < 1.29 is 31.1 Å². The molecule has 0 aliphatic heterocycles. The minimum absolute atomic E-state index is 0.0818. The van der Waals surface area contributed by atoms with Crippen LogP contribution in [-0.4, -0.2) is 49.2 Å². The zero-order chi connectivity index (χ0) is 32.1. The van der Waals surface area contributed by atoms with Gasteiger partial charge in [0, 0.05) is 29.9 Å². The van der Waals surface area contributed by atoms with Gasteiger partial charge < -0.3 is 15.4 Å². The first kappa shape index (κ1) is 31.4. The summed E-state index contributed by atoms with van der Waals surface area (Å²) >= 11 is 1.23. The summed E-state index contributed by atoms with van der Waals surface area (Å²) in [7, 11) is -3.59. The first-order chi connectivity index (χ1) is 21.6. The molecule has 0 radical (unpaired) electrons. The third-order valence-electron chi connectivity index (χ3n) is 6.34. The van der Waals surface area contributed by atoms with E-state index in [1.54, 1.807) is 13.0 Å². The van der Waals surface area contributed by atoms with Gasteiger partial charge in [0.05, 0.1) is 29.1 Å². The largest absolute Gasteiger partial charge is 0.453 e. The summed E-state index contributed by atoms with van der Waals surface area (Å²) in [5.74, 6) is -3.44. The van der Waals surface area contributed by atoms with Crippen molar-refractivity contribution in [2.75, 3.05) is 23.7 Å². The molecule has 1 atom stereocenters. The fourth-order valence-corrected chi connectivity index (χ4v) is 6.49. The highest BCUT2D eigenvalue weighted by Gasteiger charge is 2.27. The van der Waals surface area contributed by atoms with E-state index in [4.69, 9.17) is 4.98 Å². The van der Waals surface area contributed by atoms with Crippen LogP contribution in [0, 0.1) is 17.5 Å². The van der Waals surface area contributed by atoms with Crippen molar-refractivity contribution in [1.82, 2.24) is 20.3 Å². The number of carbonyl (C=O) groups excluding carboxylic acids is 1. The molecule has 0 saturated heterocycles. The zero-order valence-electron chi connectivity index (χ0n) is 23.7. The number of sulfonamides is 1. The molecule has 0 bridgehead atoms. The number of hydrogen-bond donors (Lipinski definition) is 3. The number of carbonyl (C=O) groups is 1. The minimum atomic E-state index is -4.85. The Hall–Kier alpha value is -5.02. The van der Waals surface area contributed by atoms with Gasteiger partial charge in [0.2, 0.25) is 5.95 Å². The first-order valence-electron chi connectivity index (χ1n) is 13.3. The number of ether oxygens (including phenoxy) is 1. The van der Waals surface area contributed by atoms with E-state index < -0.39 is 44.2 Å². The van der Waals surface area contributed by atoms with Crippen molar-refractivity contribution in [3.8, 4) is 32.4 Å². The topological polar surface area (TPSA) is 135 Å². The second-order valence-electron chi connectivity index (χ2n) is 9.57. The molecule has 3 N–H and O–H groups in total. The number of thiazole rings is 1. The Balaban J connectivity index is 1.54. The van der Waals surface area contributed by atoms with E-state index in [9.17, 15) is 22.0 Å². The van der Waals surface area contributed by atoms with Crippen LogP contribution in [-0.2, 0) is 14.8 Å². The molecule has 5 aromatic rings. The fraction of sp³-hybridized carbons (Fsp3) is 0.133. The molecule has 15 heteroatoms. The lowest BCUT2D eigenvalue weighted by Gasteiger charge is -2.14. The minimum Gasteiger partial charge on any atom is -0.453 e. The van der Waals surface area contributed by atoms with Gasteiger partial charge in [-0.15, -0.1) is 11.3 Å². The lowest BCUT2D eigenvalue weighted by atomic mass is 10.1. The van der Waals surface area contributed by atoms with E-state index >= 15 is 4.39 Å². The highest BCUT2D eigenvalue weighted by Crippen LogP contribution is 2.42. The second kappa shape index (κ2) is 13.3. The summed E-state index contributed by atoms with van der Waals surface area (Å²) in [5.41, 5.74) is 0.668. The molecule has 0 fully saturated rings. The van der Waals surface area contributed by atoms with Crippen molar-refractivity contribution in [3.05, 3.63) is 96.4 Å². The third-order valence-corrected chi connectivity index (χ3v) is 8.88. The summed E-state index contributed by atoms with van der Waals surface area (Å²) in [6.45, 7) is 2.02. The molecule has 232 valence electrons. The molecule has 0 unspecified atom stereocenters. The van der Waals surface area contributed by atoms with E-state index in [-0.39, 0.29) is 29.8 Å². The number of benzene rings is 3. The predicted octanol–water partition coefficient (Wildman–Crippen LogP) is 6.31. The lowest BCUT2D eigenvalue weighted by molar-refractivity contribution is 0.168.